The summed E-state index contributed by atoms with van der Waals surface area (Å²) in [6.07, 6.45) is 17.4. The van der Waals surface area contributed by atoms with Crippen LogP contribution in [0.25, 0.3) is 86.3 Å². The largest absolute Gasteiger partial charge is 0.456 e. The van der Waals surface area contributed by atoms with E-state index in [1.165, 1.54) is 0 Å². The number of ether oxygens (including phenoxy) is 8. The van der Waals surface area contributed by atoms with Crippen molar-refractivity contribution in [2.75, 3.05) is 53.4 Å². The first kappa shape index (κ1) is 56.3. The summed E-state index contributed by atoms with van der Waals surface area (Å²) in [5, 5.41) is 16.2. The van der Waals surface area contributed by atoms with Crippen molar-refractivity contribution in [2.24, 2.45) is 20.5 Å². The Balaban J connectivity index is 1.26. The third-order valence-electron chi connectivity index (χ3n) is 16.9. The molecule has 4 aromatic carbocycles. The highest BCUT2D eigenvalue weighted by atomic mass is 16.7. The molecule has 24 heteroatoms. The minimum absolute atomic E-state index is 0.190. The van der Waals surface area contributed by atoms with Crippen molar-refractivity contribution < 1.29 is 37.9 Å². The van der Waals surface area contributed by atoms with E-state index in [-0.39, 0.29) is 53.4 Å². The monoisotopic (exact) mass is 1180 g/mol. The van der Waals surface area contributed by atoms with Crippen LogP contribution in [-0.2, 0) is 0 Å². The molecule has 0 saturated heterocycles. The maximum atomic E-state index is 9.73. The number of hydrogen-bond donors (Lipinski definition) is 0. The van der Waals surface area contributed by atoms with E-state index in [0.29, 0.717) is 120 Å². The second-order valence-electron chi connectivity index (χ2n) is 21.5. The standard InChI is InChI=1S/C64H56N16O8/c65-77-73-17-1-5-41-45-29-47-42(6-2-18-74-78-66)49-31-51-44(8-4-20-76-80-68)52-32-50-43(7-3-19-75-79-67)48-30-46(41)58-54(38-11-23-70-24-12-38)60(48)84-35-86-62(50)56(40-15-27-72-28-16-40)64(52)88-36-87-63(51)55(39-13-25-71-26-14-39)61(49)85-34-83-59(47)53(57(45)81-33-82-58)37-9-21-69-22-10-37/h9-16,21-32,41-44H,1-8,17-20,33-36H2. The van der Waals surface area contributed by atoms with Gasteiger partial charge in [-0.1, -0.05) is 20.5 Å². The Morgan fingerprint density at radius 3 is 0.659 bits per heavy atom. The first-order valence-electron chi connectivity index (χ1n) is 29.1. The molecule has 440 valence electrons. The summed E-state index contributed by atoms with van der Waals surface area (Å²) in [6, 6.07) is 24.1. The zero-order chi connectivity index (χ0) is 59.8. The Bertz CT molecular complexity index is 3490. The summed E-state index contributed by atoms with van der Waals surface area (Å²) in [7, 11) is 0. The van der Waals surface area contributed by atoms with E-state index < -0.39 is 23.7 Å². The Hall–Kier alpha value is -10.9. The van der Waals surface area contributed by atoms with Gasteiger partial charge in [0.25, 0.3) is 0 Å². The smallest absolute Gasteiger partial charge is 0.230 e. The molecule has 0 fully saturated rings. The maximum Gasteiger partial charge on any atom is 0.230 e. The highest BCUT2D eigenvalue weighted by Gasteiger charge is 2.42. The lowest BCUT2D eigenvalue weighted by atomic mass is 9.73. The van der Waals surface area contributed by atoms with Gasteiger partial charge >= 0.3 is 0 Å². The molecule has 24 nitrogen and oxygen atoms in total. The van der Waals surface area contributed by atoms with Crippen LogP contribution in [0, 0.1) is 0 Å². The van der Waals surface area contributed by atoms with Crippen LogP contribution in [-0.4, -0.2) is 73.3 Å². The minimum atomic E-state index is -0.553. The lowest BCUT2D eigenvalue weighted by Crippen LogP contribution is -2.24. The van der Waals surface area contributed by atoms with Crippen LogP contribution in [0.15, 0.2) is 143 Å². The summed E-state index contributed by atoms with van der Waals surface area (Å²) >= 11 is 0. The topological polar surface area (TPSA) is 320 Å². The number of aromatic nitrogens is 4. The first-order valence-corrected chi connectivity index (χ1v) is 29.1. The SMILES string of the molecule is [N-]=[N+]=NCCCC1c2cc3c4c(-c5ccncc5)c2OCOc2c1cc1c(c2-c2ccncc2)OCOc2c(cc5c(c2-c2ccncc2)OCOc2c(cc(c(c2-c2ccncc2)OCO4)C3CCCN=[N+]=[N-])C5CCCN=[N+]=[N-])C1CCCN=[N+]=[N-]. The summed E-state index contributed by atoms with van der Waals surface area (Å²) in [5.74, 6) is 1.79. The van der Waals surface area contributed by atoms with Gasteiger partial charge in [0.2, 0.25) is 27.2 Å². The summed E-state index contributed by atoms with van der Waals surface area (Å²) < 4.78 is 56.8. The van der Waals surface area contributed by atoms with Gasteiger partial charge in [-0.15, -0.1) is 0 Å². The fraction of sp³-hybridized carbons (Fsp3) is 0.312. The number of rotatable bonds is 20. The zero-order valence-corrected chi connectivity index (χ0v) is 47.6. The number of azide groups is 4. The van der Waals surface area contributed by atoms with E-state index in [2.05, 4.69) is 84.3 Å². The number of nitrogens with zero attached hydrogens (tertiary/aromatic N) is 16. The normalized spacial score (nSPS) is 16.8. The van der Waals surface area contributed by atoms with Crippen molar-refractivity contribution >= 4 is 0 Å². The predicted molar refractivity (Wildman–Crippen MR) is 324 cm³/mol. The van der Waals surface area contributed by atoms with Gasteiger partial charge in [-0.2, -0.15) is 0 Å². The van der Waals surface area contributed by atoms with E-state index in [0.717, 1.165) is 66.8 Å². The number of pyridine rings is 4. The fourth-order valence-electron chi connectivity index (χ4n) is 13.3. The lowest BCUT2D eigenvalue weighted by Gasteiger charge is -2.38. The molecule has 0 unspecified atom stereocenters. The molecule has 0 spiro atoms. The van der Waals surface area contributed by atoms with Gasteiger partial charge in [0.15, 0.2) is 0 Å². The van der Waals surface area contributed by atoms with Gasteiger partial charge in [0.1, 0.15) is 46.0 Å². The molecule has 88 heavy (non-hydrogen) atoms. The zero-order valence-electron chi connectivity index (χ0n) is 47.6. The quantitative estimate of drug-likeness (QED) is 0.0297. The Morgan fingerprint density at radius 2 is 0.489 bits per heavy atom. The predicted octanol–water partition coefficient (Wildman–Crippen LogP) is 16.1. The molecule has 8 bridgehead atoms. The molecule has 4 aromatic heterocycles. The second kappa shape index (κ2) is 25.8. The molecular formula is C64H56N16O8. The fourth-order valence-corrected chi connectivity index (χ4v) is 13.3. The maximum absolute atomic E-state index is 9.73. The van der Waals surface area contributed by atoms with E-state index in [1.807, 2.05) is 48.5 Å². The summed E-state index contributed by atoms with van der Waals surface area (Å²) in [6.45, 7) is -0.269. The molecule has 0 saturated carbocycles. The van der Waals surface area contributed by atoms with Crippen molar-refractivity contribution in [2.45, 2.75) is 75.0 Å². The van der Waals surface area contributed by atoms with Gasteiger partial charge < -0.3 is 37.9 Å². The average molecular weight is 1180 g/mol. The van der Waals surface area contributed by atoms with Crippen molar-refractivity contribution in [1.29, 1.82) is 0 Å². The second-order valence-corrected chi connectivity index (χ2v) is 21.5. The van der Waals surface area contributed by atoms with Gasteiger partial charge in [-0.25, -0.2) is 0 Å². The van der Waals surface area contributed by atoms with Crippen LogP contribution in [0.5, 0.6) is 46.0 Å². The molecule has 13 rings (SSSR count). The lowest BCUT2D eigenvalue weighted by molar-refractivity contribution is 0.101. The summed E-state index contributed by atoms with van der Waals surface area (Å²) in [4.78, 5) is 30.5. The van der Waals surface area contributed by atoms with Crippen LogP contribution >= 0.6 is 0 Å². The Labute approximate surface area is 503 Å². The van der Waals surface area contributed by atoms with E-state index in [9.17, 15) is 22.1 Å². The molecule has 8 aromatic rings. The van der Waals surface area contributed by atoms with Crippen molar-refractivity contribution in [3.63, 3.8) is 0 Å². The van der Waals surface area contributed by atoms with Gasteiger partial charge in [-0.05, 0) is 169 Å². The molecule has 0 radical (unpaired) electrons. The minimum Gasteiger partial charge on any atom is -0.456 e. The van der Waals surface area contributed by atoms with Crippen molar-refractivity contribution in [1.82, 2.24) is 19.9 Å². The first-order chi connectivity index (χ1) is 43.6. The van der Waals surface area contributed by atoms with Crippen molar-refractivity contribution in [3.05, 3.63) is 209 Å². The van der Waals surface area contributed by atoms with Crippen LogP contribution in [0.1, 0.15) is 120 Å². The van der Waals surface area contributed by atoms with Crippen LogP contribution < -0.4 is 37.9 Å². The highest BCUT2D eigenvalue weighted by Crippen LogP contribution is 2.62. The average Bonchev–Trinajstić information content (AvgIpc) is 0.978. The molecule has 0 atom stereocenters. The Morgan fingerprint density at radius 1 is 0.307 bits per heavy atom. The van der Waals surface area contributed by atoms with Crippen LogP contribution in [0.4, 0.5) is 0 Å². The van der Waals surface area contributed by atoms with Crippen molar-refractivity contribution in [3.8, 4) is 90.5 Å². The highest BCUT2D eigenvalue weighted by molar-refractivity contribution is 5.88. The van der Waals surface area contributed by atoms with E-state index in [4.69, 9.17) is 37.9 Å². The van der Waals surface area contributed by atoms with Gasteiger partial charge in [-0.3, -0.25) is 19.9 Å². The molecule has 0 amide bonds. The van der Waals surface area contributed by atoms with Crippen LogP contribution in [0.2, 0.25) is 0 Å². The molecular weight excluding hydrogens is 1120 g/mol. The van der Waals surface area contributed by atoms with E-state index in [1.54, 1.807) is 49.6 Å². The Kier molecular flexibility index (Phi) is 16.5. The molecule has 0 N–H and O–H groups in total. The molecule has 4 aliphatic heterocycles. The third-order valence-corrected chi connectivity index (χ3v) is 16.9. The van der Waals surface area contributed by atoms with Gasteiger partial charge in [0.05, 0.1) is 22.3 Å². The number of benzene rings is 4. The van der Waals surface area contributed by atoms with Crippen LogP contribution in [0.3, 0.4) is 0 Å². The van der Waals surface area contributed by atoms with E-state index >= 15 is 0 Å². The number of hydrogen-bond acceptors (Lipinski definition) is 16. The molecule has 1 aliphatic carbocycles. The van der Waals surface area contributed by atoms with Gasteiger partial charge in [0, 0.05) is 164 Å². The summed E-state index contributed by atoms with van der Waals surface area (Å²) in [5.41, 5.74) is 50.8. The molecule has 5 aliphatic rings. The third kappa shape index (κ3) is 10.6. The molecule has 8 heterocycles.